The number of hydrogen-bond donors (Lipinski definition) is 1. The van der Waals surface area contributed by atoms with Crippen molar-refractivity contribution in [2.24, 2.45) is 5.10 Å². The number of nitro benzene ring substituents is 1. The van der Waals surface area contributed by atoms with Gasteiger partial charge in [0.15, 0.2) is 0 Å². The third kappa shape index (κ3) is 4.13. The van der Waals surface area contributed by atoms with Crippen LogP contribution in [0.4, 0.5) is 21.7 Å². The number of allylic oxidation sites excluding steroid dienone is 4. The van der Waals surface area contributed by atoms with Gasteiger partial charge in [-0.2, -0.15) is 9.49 Å². The molecule has 0 amide bonds. The van der Waals surface area contributed by atoms with E-state index in [2.05, 4.69) is 27.1 Å². The summed E-state index contributed by atoms with van der Waals surface area (Å²) >= 11 is 6.29. The van der Waals surface area contributed by atoms with Crippen LogP contribution in [0.3, 0.4) is 0 Å². The lowest BCUT2D eigenvalue weighted by atomic mass is 10.1. The van der Waals surface area contributed by atoms with E-state index in [0.29, 0.717) is 17.0 Å². The molecule has 0 unspecified atom stereocenters. The van der Waals surface area contributed by atoms with Gasteiger partial charge < -0.3 is 10.1 Å². The molecule has 1 aliphatic heterocycles. The highest BCUT2D eigenvalue weighted by molar-refractivity contribution is 6.32. The first kappa shape index (κ1) is 20.9. The molecule has 3 rings (SSSR count). The molecule has 2 aromatic rings. The lowest BCUT2D eigenvalue weighted by Gasteiger charge is -2.20. The zero-order chi connectivity index (χ0) is 21.8. The van der Waals surface area contributed by atoms with Gasteiger partial charge >= 0.3 is 5.69 Å². The van der Waals surface area contributed by atoms with E-state index in [1.807, 2.05) is 12.2 Å². The minimum Gasteiger partial charge on any atom is -0.494 e. The van der Waals surface area contributed by atoms with E-state index in [4.69, 9.17) is 16.3 Å². The van der Waals surface area contributed by atoms with Gasteiger partial charge in [0.2, 0.25) is 11.8 Å². The van der Waals surface area contributed by atoms with Crippen LogP contribution in [-0.2, 0) is 0 Å². The number of halogens is 2. The van der Waals surface area contributed by atoms with Gasteiger partial charge in [-0.3, -0.25) is 10.1 Å². The molecule has 1 aliphatic rings. The van der Waals surface area contributed by atoms with E-state index in [9.17, 15) is 14.5 Å². The number of aromatic nitrogens is 2. The minimum atomic E-state index is -1.02. The van der Waals surface area contributed by atoms with Gasteiger partial charge in [-0.05, 0) is 19.1 Å². The summed E-state index contributed by atoms with van der Waals surface area (Å²) in [5.74, 6) is -0.882. The molecule has 154 valence electrons. The van der Waals surface area contributed by atoms with Crippen LogP contribution in [0.5, 0.6) is 5.75 Å². The maximum atomic E-state index is 13.9. The van der Waals surface area contributed by atoms with Crippen LogP contribution in [0.15, 0.2) is 53.6 Å². The molecule has 9 nitrogen and oxygen atoms in total. The molecular formula is C19H16ClFN6O3. The Morgan fingerprint density at radius 2 is 2.20 bits per heavy atom. The summed E-state index contributed by atoms with van der Waals surface area (Å²) in [5, 5.41) is 19.6. The monoisotopic (exact) mass is 430 g/mol. The van der Waals surface area contributed by atoms with Crippen LogP contribution < -0.4 is 10.1 Å². The van der Waals surface area contributed by atoms with Gasteiger partial charge in [-0.15, -0.1) is 0 Å². The first-order valence-electron chi connectivity index (χ1n) is 8.49. The number of anilines is 2. The van der Waals surface area contributed by atoms with Crippen molar-refractivity contribution in [2.75, 3.05) is 12.4 Å². The van der Waals surface area contributed by atoms with E-state index in [1.54, 1.807) is 24.2 Å². The molecule has 1 N–H and O–H groups in total. The van der Waals surface area contributed by atoms with Crippen molar-refractivity contribution in [2.45, 2.75) is 6.92 Å². The van der Waals surface area contributed by atoms with Gasteiger partial charge in [0.05, 0.1) is 40.3 Å². The summed E-state index contributed by atoms with van der Waals surface area (Å²) in [4.78, 5) is 18.7. The standard InChI is InChI=1S/C19H16ClFN6O3/c1-11(15-6-4-5-7-26(15)22-2)18-12(20)10-23-19(25-18)24-14-9-16(27(28)29)13(21)8-17(14)30-3/h4-10H,2H2,1,3H3,(H,23,24,25)/b15-11+. The zero-order valence-corrected chi connectivity index (χ0v) is 16.7. The van der Waals surface area contributed by atoms with Crippen molar-refractivity contribution in [1.29, 1.82) is 0 Å². The molecule has 1 aromatic heterocycles. The Kier molecular flexibility index (Phi) is 6.07. The predicted molar refractivity (Wildman–Crippen MR) is 112 cm³/mol. The van der Waals surface area contributed by atoms with Crippen molar-refractivity contribution in [3.05, 3.63) is 75.1 Å². The smallest absolute Gasteiger partial charge is 0.307 e. The quantitative estimate of drug-likeness (QED) is 0.403. The number of benzene rings is 1. The van der Waals surface area contributed by atoms with E-state index in [-0.39, 0.29) is 22.4 Å². The van der Waals surface area contributed by atoms with Crippen molar-refractivity contribution in [3.8, 4) is 5.75 Å². The Hall–Kier alpha value is -3.79. The summed E-state index contributed by atoms with van der Waals surface area (Å²) in [6.45, 7) is 5.34. The molecule has 11 heteroatoms. The van der Waals surface area contributed by atoms with Crippen molar-refractivity contribution >= 4 is 41.2 Å². The van der Waals surface area contributed by atoms with Crippen LogP contribution in [0.2, 0.25) is 5.02 Å². The molecule has 0 bridgehead atoms. The molecule has 0 saturated carbocycles. The Balaban J connectivity index is 2.04. The fourth-order valence-corrected chi connectivity index (χ4v) is 2.97. The number of rotatable bonds is 6. The third-order valence-electron chi connectivity index (χ3n) is 4.19. The molecule has 2 heterocycles. The molecule has 0 fully saturated rings. The lowest BCUT2D eigenvalue weighted by molar-refractivity contribution is -0.387. The maximum absolute atomic E-state index is 13.9. The second kappa shape index (κ2) is 8.70. The van der Waals surface area contributed by atoms with Gasteiger partial charge in [0.1, 0.15) is 5.75 Å². The average molecular weight is 431 g/mol. The van der Waals surface area contributed by atoms with Gasteiger partial charge in [-0.1, -0.05) is 17.7 Å². The molecule has 0 spiro atoms. The summed E-state index contributed by atoms with van der Waals surface area (Å²) in [5.41, 5.74) is 1.22. The summed E-state index contributed by atoms with van der Waals surface area (Å²) in [7, 11) is 1.31. The fraction of sp³-hybridized carbons (Fsp3) is 0.105. The number of methoxy groups -OCH3 is 1. The summed E-state index contributed by atoms with van der Waals surface area (Å²) in [6.07, 6.45) is 8.56. The number of nitrogens with one attached hydrogen (secondary N) is 1. The second-order valence-electron chi connectivity index (χ2n) is 5.97. The highest BCUT2D eigenvalue weighted by Crippen LogP contribution is 2.34. The maximum Gasteiger partial charge on any atom is 0.307 e. The van der Waals surface area contributed by atoms with Crippen molar-refractivity contribution in [1.82, 2.24) is 15.0 Å². The number of hydrogen-bond acceptors (Lipinski definition) is 8. The van der Waals surface area contributed by atoms with Crippen LogP contribution in [0.25, 0.3) is 5.57 Å². The van der Waals surface area contributed by atoms with Crippen molar-refractivity contribution < 1.29 is 14.1 Å². The number of hydrazone groups is 1. The molecule has 0 saturated heterocycles. The molecular weight excluding hydrogens is 415 g/mol. The van der Waals surface area contributed by atoms with E-state index in [1.165, 1.54) is 13.3 Å². The molecule has 30 heavy (non-hydrogen) atoms. The Labute approximate surface area is 176 Å². The second-order valence-corrected chi connectivity index (χ2v) is 6.38. The average Bonchev–Trinajstić information content (AvgIpc) is 2.75. The summed E-state index contributed by atoms with van der Waals surface area (Å²) in [6, 6.07) is 1.92. The minimum absolute atomic E-state index is 0.0515. The first-order valence-corrected chi connectivity index (χ1v) is 8.87. The largest absolute Gasteiger partial charge is 0.494 e. The lowest BCUT2D eigenvalue weighted by Crippen LogP contribution is -2.12. The normalized spacial score (nSPS) is 14.5. The van der Waals surface area contributed by atoms with Gasteiger partial charge in [-0.25, -0.2) is 15.0 Å². The highest BCUT2D eigenvalue weighted by Gasteiger charge is 2.20. The van der Waals surface area contributed by atoms with E-state index < -0.39 is 16.4 Å². The predicted octanol–water partition coefficient (Wildman–Crippen LogP) is 4.66. The zero-order valence-electron chi connectivity index (χ0n) is 16.0. The van der Waals surface area contributed by atoms with E-state index in [0.717, 1.165) is 12.1 Å². The fourth-order valence-electron chi connectivity index (χ4n) is 2.74. The molecule has 0 atom stereocenters. The Morgan fingerprint density at radius 3 is 2.87 bits per heavy atom. The first-order chi connectivity index (χ1) is 14.3. The number of ether oxygens (including phenoxy) is 1. The van der Waals surface area contributed by atoms with Gasteiger partial charge in [0.25, 0.3) is 0 Å². The number of nitro groups is 1. The SMILES string of the molecule is C=NN1C=CC=C/C1=C(/C)c1nc(Nc2cc([N+](=O)[O-])c(F)cc2OC)ncc1Cl. The van der Waals surface area contributed by atoms with Gasteiger partial charge in [0, 0.05) is 30.6 Å². The van der Waals surface area contributed by atoms with Crippen LogP contribution in [0, 0.1) is 15.9 Å². The third-order valence-corrected chi connectivity index (χ3v) is 4.46. The van der Waals surface area contributed by atoms with Crippen LogP contribution in [-0.4, -0.2) is 33.7 Å². The number of nitrogens with zero attached hydrogens (tertiary/aromatic N) is 5. The van der Waals surface area contributed by atoms with Crippen LogP contribution in [0.1, 0.15) is 12.6 Å². The summed E-state index contributed by atoms with van der Waals surface area (Å²) < 4.78 is 19.0. The molecule has 1 aromatic carbocycles. The Morgan fingerprint density at radius 1 is 1.43 bits per heavy atom. The van der Waals surface area contributed by atoms with Crippen LogP contribution >= 0.6 is 11.6 Å². The highest BCUT2D eigenvalue weighted by atomic mass is 35.5. The molecule has 0 aliphatic carbocycles. The topological polar surface area (TPSA) is 106 Å². The molecule has 0 radical (unpaired) electrons. The van der Waals surface area contributed by atoms with Crippen molar-refractivity contribution in [3.63, 3.8) is 0 Å². The van der Waals surface area contributed by atoms with E-state index >= 15 is 0 Å². The Bertz CT molecular complexity index is 1120.